The quantitative estimate of drug-likeness (QED) is 0.696. The average molecular weight is 278 g/mol. The highest BCUT2D eigenvalue weighted by molar-refractivity contribution is 6.01. The number of hydrogen-bond acceptors (Lipinski definition) is 3. The average Bonchev–Trinajstić information content (AvgIpc) is 2.37. The van der Waals surface area contributed by atoms with Crippen molar-refractivity contribution >= 4 is 23.6 Å². The molecule has 0 aromatic heterocycles. The first-order chi connectivity index (χ1) is 9.47. The molecule has 0 radical (unpaired) electrons. The summed E-state index contributed by atoms with van der Waals surface area (Å²) in [5.41, 5.74) is 1.68. The zero-order chi connectivity index (χ0) is 15.0. The highest BCUT2D eigenvalue weighted by Crippen LogP contribution is 2.08. The van der Waals surface area contributed by atoms with Crippen LogP contribution in [0.5, 0.6) is 0 Å². The third-order valence-electron chi connectivity index (χ3n) is 2.61. The van der Waals surface area contributed by atoms with Gasteiger partial charge in [-0.1, -0.05) is 17.7 Å². The first-order valence-electron chi connectivity index (χ1n) is 6.36. The van der Waals surface area contributed by atoms with E-state index < -0.39 is 17.9 Å². The molecule has 0 heterocycles. The molecule has 0 fully saturated rings. The fourth-order valence-electron chi connectivity index (χ4n) is 1.55. The number of aryl methyl sites for hydroxylation is 1. The molecule has 6 heteroatoms. The summed E-state index contributed by atoms with van der Waals surface area (Å²) in [7, 11) is 0. The molecule has 0 bridgehead atoms. The van der Waals surface area contributed by atoms with Crippen LogP contribution in [0.15, 0.2) is 24.3 Å². The third-order valence-corrected chi connectivity index (χ3v) is 2.61. The van der Waals surface area contributed by atoms with Gasteiger partial charge in [-0.25, -0.2) is 4.79 Å². The molecular formula is C14H18N2O4. The van der Waals surface area contributed by atoms with Gasteiger partial charge in [0.15, 0.2) is 0 Å². The van der Waals surface area contributed by atoms with E-state index in [4.69, 9.17) is 5.11 Å². The molecular weight excluding hydrogens is 260 g/mol. The van der Waals surface area contributed by atoms with Crippen LogP contribution in [-0.2, 0) is 9.59 Å². The van der Waals surface area contributed by atoms with Gasteiger partial charge in [0, 0.05) is 18.5 Å². The van der Waals surface area contributed by atoms with Crippen LogP contribution in [0.3, 0.4) is 0 Å². The third kappa shape index (κ3) is 6.53. The highest BCUT2D eigenvalue weighted by atomic mass is 16.4. The second kappa shape index (κ2) is 7.93. The Morgan fingerprint density at radius 2 is 1.65 bits per heavy atom. The highest BCUT2D eigenvalue weighted by Gasteiger charge is 2.08. The van der Waals surface area contributed by atoms with Gasteiger partial charge in [0.2, 0.25) is 5.91 Å². The van der Waals surface area contributed by atoms with Gasteiger partial charge < -0.3 is 10.4 Å². The molecule has 0 aliphatic heterocycles. The van der Waals surface area contributed by atoms with Gasteiger partial charge in [-0.2, -0.15) is 0 Å². The molecule has 0 unspecified atom stereocenters. The van der Waals surface area contributed by atoms with Crippen molar-refractivity contribution in [2.45, 2.75) is 32.6 Å². The zero-order valence-corrected chi connectivity index (χ0v) is 11.3. The number of urea groups is 1. The summed E-state index contributed by atoms with van der Waals surface area (Å²) < 4.78 is 0. The van der Waals surface area contributed by atoms with E-state index in [-0.39, 0.29) is 12.8 Å². The van der Waals surface area contributed by atoms with Crippen LogP contribution in [0, 0.1) is 6.92 Å². The fraction of sp³-hybridized carbons (Fsp3) is 0.357. The molecule has 0 atom stereocenters. The minimum Gasteiger partial charge on any atom is -0.481 e. The zero-order valence-electron chi connectivity index (χ0n) is 11.3. The summed E-state index contributed by atoms with van der Waals surface area (Å²) in [5.74, 6) is -1.30. The lowest BCUT2D eigenvalue weighted by atomic mass is 10.2. The number of unbranched alkanes of at least 4 members (excludes halogenated alkanes) is 1. The lowest BCUT2D eigenvalue weighted by Gasteiger charge is -2.06. The van der Waals surface area contributed by atoms with E-state index in [1.54, 1.807) is 12.1 Å². The number of carbonyl (C=O) groups is 3. The number of nitrogens with one attached hydrogen (secondary N) is 2. The predicted octanol–water partition coefficient (Wildman–Crippen LogP) is 2.29. The Balaban J connectivity index is 2.26. The molecule has 0 saturated carbocycles. The SMILES string of the molecule is Cc1ccc(NC(=O)NC(=O)CCCCC(=O)O)cc1. The Kier molecular flexibility index (Phi) is 6.22. The maximum absolute atomic E-state index is 11.5. The molecule has 20 heavy (non-hydrogen) atoms. The van der Waals surface area contributed by atoms with Gasteiger partial charge in [0.05, 0.1) is 0 Å². The fourth-order valence-corrected chi connectivity index (χ4v) is 1.55. The number of anilines is 1. The standard InChI is InChI=1S/C14H18N2O4/c1-10-6-8-11(9-7-10)15-14(20)16-12(17)4-2-3-5-13(18)19/h6-9H,2-5H2,1H3,(H,18,19)(H2,15,16,17,20). The number of carboxylic acid groups (broad SMARTS) is 1. The molecule has 1 rings (SSSR count). The largest absolute Gasteiger partial charge is 0.481 e. The van der Waals surface area contributed by atoms with Crippen LogP contribution >= 0.6 is 0 Å². The number of aliphatic carboxylic acids is 1. The van der Waals surface area contributed by atoms with Crippen LogP contribution in [0.2, 0.25) is 0 Å². The minimum atomic E-state index is -0.887. The first kappa shape index (κ1) is 15.7. The van der Waals surface area contributed by atoms with Crippen molar-refractivity contribution in [1.29, 1.82) is 0 Å². The van der Waals surface area contributed by atoms with Crippen molar-refractivity contribution in [1.82, 2.24) is 5.32 Å². The van der Waals surface area contributed by atoms with Gasteiger partial charge in [0.1, 0.15) is 0 Å². The van der Waals surface area contributed by atoms with E-state index in [9.17, 15) is 14.4 Å². The monoisotopic (exact) mass is 278 g/mol. The van der Waals surface area contributed by atoms with E-state index in [0.29, 0.717) is 18.5 Å². The Morgan fingerprint density at radius 1 is 1.05 bits per heavy atom. The van der Waals surface area contributed by atoms with Crippen LogP contribution in [0.1, 0.15) is 31.2 Å². The molecule has 108 valence electrons. The smallest absolute Gasteiger partial charge is 0.325 e. The molecule has 0 aliphatic carbocycles. The first-order valence-corrected chi connectivity index (χ1v) is 6.36. The van der Waals surface area contributed by atoms with Gasteiger partial charge >= 0.3 is 12.0 Å². The number of imide groups is 1. The maximum atomic E-state index is 11.5. The van der Waals surface area contributed by atoms with Crippen LogP contribution in [0.4, 0.5) is 10.5 Å². The lowest BCUT2D eigenvalue weighted by Crippen LogP contribution is -2.34. The molecule has 3 N–H and O–H groups in total. The lowest BCUT2D eigenvalue weighted by molar-refractivity contribution is -0.137. The number of carboxylic acids is 1. The predicted molar refractivity (Wildman–Crippen MR) is 74.4 cm³/mol. The summed E-state index contributed by atoms with van der Waals surface area (Å²) >= 11 is 0. The number of hydrogen-bond donors (Lipinski definition) is 3. The van der Waals surface area contributed by atoms with Gasteiger partial charge in [-0.05, 0) is 31.9 Å². The molecule has 6 nitrogen and oxygen atoms in total. The van der Waals surface area contributed by atoms with Crippen molar-refractivity contribution in [3.05, 3.63) is 29.8 Å². The summed E-state index contributed by atoms with van der Waals surface area (Å²) in [6.07, 6.45) is 1.02. The van der Waals surface area contributed by atoms with Crippen molar-refractivity contribution in [3.63, 3.8) is 0 Å². The number of benzene rings is 1. The van der Waals surface area contributed by atoms with Gasteiger partial charge in [-0.15, -0.1) is 0 Å². The van der Waals surface area contributed by atoms with Gasteiger partial charge in [0.25, 0.3) is 0 Å². The second-order valence-electron chi connectivity index (χ2n) is 4.47. The maximum Gasteiger partial charge on any atom is 0.325 e. The molecule has 1 aromatic rings. The van der Waals surface area contributed by atoms with Crippen molar-refractivity contribution in [3.8, 4) is 0 Å². The Hall–Kier alpha value is -2.37. The van der Waals surface area contributed by atoms with E-state index in [1.165, 1.54) is 0 Å². The Bertz CT molecular complexity index is 482. The van der Waals surface area contributed by atoms with E-state index in [2.05, 4.69) is 10.6 Å². The minimum absolute atomic E-state index is 0.0306. The van der Waals surface area contributed by atoms with Crippen molar-refractivity contribution < 1.29 is 19.5 Å². The Labute approximate surface area is 117 Å². The van der Waals surface area contributed by atoms with Crippen molar-refractivity contribution in [2.75, 3.05) is 5.32 Å². The summed E-state index contributed by atoms with van der Waals surface area (Å²) in [5, 5.41) is 13.2. The molecule has 3 amide bonds. The van der Waals surface area contributed by atoms with E-state index in [0.717, 1.165) is 5.56 Å². The molecule has 0 spiro atoms. The summed E-state index contributed by atoms with van der Waals surface area (Å²) in [6.45, 7) is 1.94. The molecule has 0 aliphatic rings. The molecule has 0 saturated heterocycles. The number of carbonyl (C=O) groups excluding carboxylic acids is 2. The van der Waals surface area contributed by atoms with E-state index in [1.807, 2.05) is 19.1 Å². The molecule has 1 aromatic carbocycles. The van der Waals surface area contributed by atoms with Crippen LogP contribution in [-0.4, -0.2) is 23.0 Å². The van der Waals surface area contributed by atoms with E-state index >= 15 is 0 Å². The topological polar surface area (TPSA) is 95.5 Å². The Morgan fingerprint density at radius 3 is 2.25 bits per heavy atom. The number of amides is 3. The van der Waals surface area contributed by atoms with Crippen molar-refractivity contribution in [2.24, 2.45) is 0 Å². The summed E-state index contributed by atoms with van der Waals surface area (Å²) in [4.78, 5) is 33.2. The van der Waals surface area contributed by atoms with Crippen LogP contribution < -0.4 is 10.6 Å². The normalized spacial score (nSPS) is 9.85. The van der Waals surface area contributed by atoms with Crippen LogP contribution in [0.25, 0.3) is 0 Å². The number of rotatable bonds is 6. The second-order valence-corrected chi connectivity index (χ2v) is 4.47. The van der Waals surface area contributed by atoms with Gasteiger partial charge in [-0.3, -0.25) is 14.9 Å². The summed E-state index contributed by atoms with van der Waals surface area (Å²) in [6, 6.07) is 6.60.